The van der Waals surface area contributed by atoms with Crippen molar-refractivity contribution in [3.05, 3.63) is 30.3 Å². The van der Waals surface area contributed by atoms with E-state index in [2.05, 4.69) is 0 Å². The van der Waals surface area contributed by atoms with E-state index in [-0.39, 0.29) is 19.4 Å². The summed E-state index contributed by atoms with van der Waals surface area (Å²) in [7, 11) is 0. The summed E-state index contributed by atoms with van der Waals surface area (Å²) in [5, 5.41) is 8.49. The lowest BCUT2D eigenvalue weighted by Crippen LogP contribution is -2.36. The summed E-state index contributed by atoms with van der Waals surface area (Å²) in [6.07, 6.45) is -3.14. The van der Waals surface area contributed by atoms with E-state index in [1.807, 2.05) is 0 Å². The van der Waals surface area contributed by atoms with Gasteiger partial charge in [-0.2, -0.15) is 8.78 Å². The van der Waals surface area contributed by atoms with Crippen LogP contribution >= 0.6 is 0 Å². The Bertz CT molecular complexity index is 409. The third kappa shape index (κ3) is 4.12. The van der Waals surface area contributed by atoms with Gasteiger partial charge in [-0.25, -0.2) is 0 Å². The van der Waals surface area contributed by atoms with Crippen molar-refractivity contribution in [3.63, 3.8) is 0 Å². The van der Waals surface area contributed by atoms with E-state index in [4.69, 9.17) is 5.11 Å². The van der Waals surface area contributed by atoms with Gasteiger partial charge < -0.3 is 10.0 Å². The fraction of sp³-hybridized carbons (Fsp3) is 0.333. The van der Waals surface area contributed by atoms with Gasteiger partial charge >= 0.3 is 12.4 Å². The first-order chi connectivity index (χ1) is 8.52. The van der Waals surface area contributed by atoms with E-state index in [0.717, 1.165) is 4.90 Å². The molecule has 0 bridgehead atoms. The van der Waals surface area contributed by atoms with Crippen molar-refractivity contribution in [2.45, 2.75) is 19.3 Å². The lowest BCUT2D eigenvalue weighted by Gasteiger charge is -2.22. The number of carboxylic acids is 1. The zero-order valence-corrected chi connectivity index (χ0v) is 9.55. The van der Waals surface area contributed by atoms with Crippen LogP contribution in [0.3, 0.4) is 0 Å². The molecule has 0 aliphatic rings. The molecule has 0 radical (unpaired) electrons. The smallest absolute Gasteiger partial charge is 0.316 e. The summed E-state index contributed by atoms with van der Waals surface area (Å²) in [5.41, 5.74) is 0.341. The first-order valence-corrected chi connectivity index (χ1v) is 5.38. The fourth-order valence-corrected chi connectivity index (χ4v) is 1.48. The van der Waals surface area contributed by atoms with Crippen molar-refractivity contribution < 1.29 is 23.5 Å². The number of aliphatic carboxylic acids is 1. The van der Waals surface area contributed by atoms with E-state index in [1.165, 1.54) is 12.1 Å². The van der Waals surface area contributed by atoms with Crippen LogP contribution in [0, 0.1) is 0 Å². The molecule has 0 aliphatic heterocycles. The highest BCUT2D eigenvalue weighted by Gasteiger charge is 2.24. The number of anilines is 1. The molecule has 0 aliphatic carbocycles. The number of nitrogens with zero attached hydrogens (tertiary/aromatic N) is 1. The molecule has 0 unspecified atom stereocenters. The lowest BCUT2D eigenvalue weighted by molar-refractivity contribution is -0.137. The van der Waals surface area contributed by atoms with Gasteiger partial charge in [0.05, 0.1) is 0 Å². The Hall–Kier alpha value is -1.98. The predicted octanol–water partition coefficient (Wildman–Crippen LogP) is 2.15. The van der Waals surface area contributed by atoms with E-state index in [0.29, 0.717) is 5.69 Å². The van der Waals surface area contributed by atoms with Gasteiger partial charge in [0.2, 0.25) is 0 Å². The van der Waals surface area contributed by atoms with Crippen LogP contribution in [0.25, 0.3) is 0 Å². The van der Waals surface area contributed by atoms with Gasteiger partial charge in [0.1, 0.15) is 0 Å². The summed E-state index contributed by atoms with van der Waals surface area (Å²) in [5.74, 6) is -2.33. The van der Waals surface area contributed by atoms with Crippen molar-refractivity contribution in [2.75, 3.05) is 11.4 Å². The van der Waals surface area contributed by atoms with Gasteiger partial charge in [-0.05, 0) is 18.6 Å². The highest BCUT2D eigenvalue weighted by atomic mass is 19.3. The van der Waals surface area contributed by atoms with Crippen LogP contribution in [0.4, 0.5) is 14.5 Å². The maximum atomic E-state index is 12.4. The largest absolute Gasteiger partial charge is 0.481 e. The molecule has 0 heterocycles. The van der Waals surface area contributed by atoms with Gasteiger partial charge in [-0.1, -0.05) is 18.2 Å². The minimum Gasteiger partial charge on any atom is -0.481 e. The monoisotopic (exact) mass is 257 g/mol. The highest BCUT2D eigenvalue weighted by molar-refractivity contribution is 5.95. The van der Waals surface area contributed by atoms with Gasteiger partial charge in [0, 0.05) is 18.7 Å². The zero-order chi connectivity index (χ0) is 13.5. The Kier molecular flexibility index (Phi) is 5.23. The van der Waals surface area contributed by atoms with Crippen molar-refractivity contribution >= 4 is 17.6 Å². The molecule has 1 amide bonds. The summed E-state index contributed by atoms with van der Waals surface area (Å²) >= 11 is 0. The van der Waals surface area contributed by atoms with Crippen LogP contribution in [0.5, 0.6) is 0 Å². The van der Waals surface area contributed by atoms with E-state index in [1.54, 1.807) is 18.2 Å². The average molecular weight is 257 g/mol. The SMILES string of the molecule is O=C(O)CCCN(C(=O)C(F)F)c1ccccc1. The van der Waals surface area contributed by atoms with Crippen LogP contribution < -0.4 is 4.90 Å². The molecule has 0 saturated carbocycles. The molecule has 98 valence electrons. The van der Waals surface area contributed by atoms with Gasteiger partial charge in [0.25, 0.3) is 5.91 Å². The Morgan fingerprint density at radius 2 is 1.83 bits per heavy atom. The second kappa shape index (κ2) is 6.68. The van der Waals surface area contributed by atoms with Gasteiger partial charge in [-0.15, -0.1) is 0 Å². The molecule has 6 heteroatoms. The number of para-hydroxylation sites is 1. The molecule has 1 N–H and O–H groups in total. The zero-order valence-electron chi connectivity index (χ0n) is 9.55. The van der Waals surface area contributed by atoms with Crippen LogP contribution in [0.2, 0.25) is 0 Å². The molecular formula is C12H13F2NO3. The van der Waals surface area contributed by atoms with Crippen molar-refractivity contribution in [1.29, 1.82) is 0 Å². The number of halogens is 2. The van der Waals surface area contributed by atoms with E-state index >= 15 is 0 Å². The van der Waals surface area contributed by atoms with Crippen LogP contribution in [-0.2, 0) is 9.59 Å². The van der Waals surface area contributed by atoms with Gasteiger partial charge in [-0.3, -0.25) is 9.59 Å². The first kappa shape index (κ1) is 14.1. The molecule has 0 atom stereocenters. The number of amides is 1. The number of rotatable bonds is 6. The second-order valence-electron chi connectivity index (χ2n) is 3.62. The second-order valence-corrected chi connectivity index (χ2v) is 3.62. The summed E-state index contributed by atoms with van der Waals surface area (Å²) in [6.45, 7) is -0.0422. The topological polar surface area (TPSA) is 57.6 Å². The highest BCUT2D eigenvalue weighted by Crippen LogP contribution is 2.16. The molecule has 18 heavy (non-hydrogen) atoms. The van der Waals surface area contributed by atoms with Crippen LogP contribution in [0.1, 0.15) is 12.8 Å². The minimum absolute atomic E-state index is 0.0422. The molecule has 0 spiro atoms. The number of carbonyl (C=O) groups is 2. The number of carbonyl (C=O) groups excluding carboxylic acids is 1. The molecule has 0 fully saturated rings. The molecule has 1 rings (SSSR count). The number of benzene rings is 1. The summed E-state index contributed by atoms with van der Waals surface area (Å²) in [4.78, 5) is 22.6. The molecular weight excluding hydrogens is 244 g/mol. The molecule has 1 aromatic rings. The third-order valence-corrected chi connectivity index (χ3v) is 2.29. The molecule has 0 aromatic heterocycles. The normalized spacial score (nSPS) is 10.4. The Morgan fingerprint density at radius 3 is 2.33 bits per heavy atom. The Balaban J connectivity index is 2.76. The number of hydrogen-bond acceptors (Lipinski definition) is 2. The number of hydrogen-bond donors (Lipinski definition) is 1. The van der Waals surface area contributed by atoms with Gasteiger partial charge in [0.15, 0.2) is 0 Å². The standard InChI is InChI=1S/C12H13F2NO3/c13-11(14)12(18)15(8-4-7-10(16)17)9-5-2-1-3-6-9/h1-3,5-6,11H,4,7-8H2,(H,16,17). The Labute approximate surface area is 103 Å². The summed E-state index contributed by atoms with van der Waals surface area (Å²) in [6, 6.07) is 8.00. The fourth-order valence-electron chi connectivity index (χ4n) is 1.48. The minimum atomic E-state index is -3.10. The van der Waals surface area contributed by atoms with Crippen LogP contribution in [0.15, 0.2) is 30.3 Å². The quantitative estimate of drug-likeness (QED) is 0.849. The Morgan fingerprint density at radius 1 is 1.22 bits per heavy atom. The summed E-state index contributed by atoms with van der Waals surface area (Å²) < 4.78 is 24.9. The molecule has 4 nitrogen and oxygen atoms in total. The first-order valence-electron chi connectivity index (χ1n) is 5.38. The average Bonchev–Trinajstić information content (AvgIpc) is 2.34. The maximum absolute atomic E-state index is 12.4. The predicted molar refractivity (Wildman–Crippen MR) is 61.7 cm³/mol. The lowest BCUT2D eigenvalue weighted by atomic mass is 10.2. The maximum Gasteiger partial charge on any atom is 0.316 e. The molecule has 0 saturated heterocycles. The van der Waals surface area contributed by atoms with Crippen LogP contribution in [-0.4, -0.2) is 30.0 Å². The van der Waals surface area contributed by atoms with E-state index in [9.17, 15) is 18.4 Å². The third-order valence-electron chi connectivity index (χ3n) is 2.29. The van der Waals surface area contributed by atoms with Crippen molar-refractivity contribution in [1.82, 2.24) is 0 Å². The van der Waals surface area contributed by atoms with Crippen molar-refractivity contribution in [2.24, 2.45) is 0 Å². The number of alkyl halides is 2. The molecule has 1 aromatic carbocycles. The van der Waals surface area contributed by atoms with Crippen molar-refractivity contribution in [3.8, 4) is 0 Å². The number of carboxylic acid groups (broad SMARTS) is 1. The van der Waals surface area contributed by atoms with E-state index < -0.39 is 18.3 Å².